The molecule has 0 bridgehead atoms. The Hall–Kier alpha value is -1.39. The maximum Gasteiger partial charge on any atom is 0.128 e. The second-order valence-electron chi connectivity index (χ2n) is 4.01. The smallest absolute Gasteiger partial charge is 0.128 e. The highest BCUT2D eigenvalue weighted by molar-refractivity contribution is 7.10. The van der Waals surface area contributed by atoms with Crippen LogP contribution in [0.3, 0.4) is 0 Å². The first-order valence-corrected chi connectivity index (χ1v) is 7.07. The molecule has 1 unspecified atom stereocenters. The molecule has 2 aromatic rings. The van der Waals surface area contributed by atoms with E-state index in [0.717, 1.165) is 28.4 Å². The lowest BCUT2D eigenvalue weighted by Crippen LogP contribution is -2.07. The highest BCUT2D eigenvalue weighted by atomic mass is 32.1. The van der Waals surface area contributed by atoms with Crippen LogP contribution in [0.2, 0.25) is 0 Å². The summed E-state index contributed by atoms with van der Waals surface area (Å²) >= 11 is 1.61. The van der Waals surface area contributed by atoms with E-state index in [4.69, 9.17) is 10.5 Å². The fourth-order valence-electron chi connectivity index (χ4n) is 1.72. The predicted molar refractivity (Wildman–Crippen MR) is 75.9 cm³/mol. The Morgan fingerprint density at radius 3 is 2.83 bits per heavy atom. The predicted octanol–water partition coefficient (Wildman–Crippen LogP) is 3.62. The number of benzene rings is 1. The third-order valence-corrected chi connectivity index (χ3v) is 3.72. The summed E-state index contributed by atoms with van der Waals surface area (Å²) in [6.45, 7) is 4.71. The summed E-state index contributed by atoms with van der Waals surface area (Å²) in [7, 11) is 0. The third kappa shape index (κ3) is 2.71. The Kier molecular flexibility index (Phi) is 4.33. The Balaban J connectivity index is 2.33. The molecule has 1 heterocycles. The SMILES string of the molecule is CCOc1ccccc1-c1csc(C(N)CC)n1. The normalized spacial score (nSPS) is 12.4. The van der Waals surface area contributed by atoms with Crippen LogP contribution in [-0.2, 0) is 0 Å². The number of thiazole rings is 1. The van der Waals surface area contributed by atoms with Crippen LogP contribution in [0.4, 0.5) is 0 Å². The van der Waals surface area contributed by atoms with Crippen molar-refractivity contribution in [2.45, 2.75) is 26.3 Å². The standard InChI is InChI=1S/C14H18N2OS/c1-3-11(15)14-16-12(9-18-14)10-7-5-6-8-13(10)17-4-2/h5-9,11H,3-4,15H2,1-2H3. The Bertz CT molecular complexity index is 510. The average molecular weight is 262 g/mol. The van der Waals surface area contributed by atoms with E-state index in [1.807, 2.05) is 36.6 Å². The van der Waals surface area contributed by atoms with Crippen molar-refractivity contribution in [1.82, 2.24) is 4.98 Å². The quantitative estimate of drug-likeness (QED) is 0.895. The van der Waals surface area contributed by atoms with Gasteiger partial charge in [0.1, 0.15) is 10.8 Å². The van der Waals surface area contributed by atoms with Gasteiger partial charge in [0, 0.05) is 10.9 Å². The van der Waals surface area contributed by atoms with Crippen LogP contribution in [0.25, 0.3) is 11.3 Å². The van der Waals surface area contributed by atoms with E-state index in [0.29, 0.717) is 6.61 Å². The molecular formula is C14H18N2OS. The van der Waals surface area contributed by atoms with Crippen molar-refractivity contribution in [3.63, 3.8) is 0 Å². The minimum absolute atomic E-state index is 0.0306. The van der Waals surface area contributed by atoms with Gasteiger partial charge in [-0.15, -0.1) is 11.3 Å². The maximum absolute atomic E-state index is 6.00. The molecule has 2 rings (SSSR count). The van der Waals surface area contributed by atoms with Crippen LogP contribution < -0.4 is 10.5 Å². The van der Waals surface area contributed by atoms with Crippen LogP contribution in [0.15, 0.2) is 29.6 Å². The van der Waals surface area contributed by atoms with E-state index >= 15 is 0 Å². The lowest BCUT2D eigenvalue weighted by Gasteiger charge is -2.08. The minimum atomic E-state index is 0.0306. The number of rotatable bonds is 5. The van der Waals surface area contributed by atoms with Gasteiger partial charge in [-0.2, -0.15) is 0 Å². The number of hydrogen-bond donors (Lipinski definition) is 1. The van der Waals surface area contributed by atoms with E-state index < -0.39 is 0 Å². The molecule has 1 aromatic heterocycles. The molecule has 3 nitrogen and oxygen atoms in total. The molecule has 0 aliphatic carbocycles. The molecule has 2 N–H and O–H groups in total. The van der Waals surface area contributed by atoms with Crippen molar-refractivity contribution in [3.05, 3.63) is 34.7 Å². The zero-order valence-corrected chi connectivity index (χ0v) is 11.5. The Labute approximate surface area is 112 Å². The zero-order valence-electron chi connectivity index (χ0n) is 10.7. The molecule has 0 saturated carbocycles. The van der Waals surface area contributed by atoms with Gasteiger partial charge in [0.05, 0.1) is 18.3 Å². The lowest BCUT2D eigenvalue weighted by molar-refractivity contribution is 0.341. The first-order valence-electron chi connectivity index (χ1n) is 6.19. The number of hydrogen-bond acceptors (Lipinski definition) is 4. The van der Waals surface area contributed by atoms with Gasteiger partial charge in [-0.25, -0.2) is 4.98 Å². The molecule has 18 heavy (non-hydrogen) atoms. The van der Waals surface area contributed by atoms with Gasteiger partial charge < -0.3 is 10.5 Å². The molecule has 0 fully saturated rings. The van der Waals surface area contributed by atoms with Gasteiger partial charge in [0.15, 0.2) is 0 Å². The molecule has 0 amide bonds. The van der Waals surface area contributed by atoms with Crippen molar-refractivity contribution >= 4 is 11.3 Å². The van der Waals surface area contributed by atoms with Crippen LogP contribution in [0.1, 0.15) is 31.3 Å². The topological polar surface area (TPSA) is 48.1 Å². The number of nitrogens with two attached hydrogens (primary N) is 1. The zero-order chi connectivity index (χ0) is 13.0. The molecule has 0 spiro atoms. The molecule has 4 heteroatoms. The molecule has 1 aromatic carbocycles. The van der Waals surface area contributed by atoms with Gasteiger partial charge in [0.25, 0.3) is 0 Å². The highest BCUT2D eigenvalue weighted by Crippen LogP contribution is 2.32. The van der Waals surface area contributed by atoms with Crippen LogP contribution in [0, 0.1) is 0 Å². The van der Waals surface area contributed by atoms with E-state index in [1.165, 1.54) is 0 Å². The number of nitrogens with zero attached hydrogens (tertiary/aromatic N) is 1. The Morgan fingerprint density at radius 2 is 2.11 bits per heavy atom. The molecule has 0 saturated heterocycles. The summed E-state index contributed by atoms with van der Waals surface area (Å²) in [5.41, 5.74) is 7.98. The van der Waals surface area contributed by atoms with Crippen LogP contribution in [0.5, 0.6) is 5.75 Å². The largest absolute Gasteiger partial charge is 0.493 e. The summed E-state index contributed by atoms with van der Waals surface area (Å²) < 4.78 is 5.62. The molecule has 96 valence electrons. The van der Waals surface area contributed by atoms with Gasteiger partial charge >= 0.3 is 0 Å². The highest BCUT2D eigenvalue weighted by Gasteiger charge is 2.12. The first kappa shape index (κ1) is 13.1. The molecule has 0 aliphatic heterocycles. The van der Waals surface area contributed by atoms with Crippen LogP contribution >= 0.6 is 11.3 Å². The third-order valence-electron chi connectivity index (χ3n) is 2.74. The van der Waals surface area contributed by atoms with Crippen molar-refractivity contribution in [1.29, 1.82) is 0 Å². The molecular weight excluding hydrogens is 244 g/mol. The second-order valence-corrected chi connectivity index (χ2v) is 4.90. The molecule has 0 radical (unpaired) electrons. The summed E-state index contributed by atoms with van der Waals surface area (Å²) in [4.78, 5) is 4.61. The first-order chi connectivity index (χ1) is 8.76. The monoisotopic (exact) mass is 262 g/mol. The van der Waals surface area contributed by atoms with Gasteiger partial charge in [0.2, 0.25) is 0 Å². The lowest BCUT2D eigenvalue weighted by atomic mass is 10.1. The van der Waals surface area contributed by atoms with E-state index in [9.17, 15) is 0 Å². The summed E-state index contributed by atoms with van der Waals surface area (Å²) in [5.74, 6) is 0.877. The van der Waals surface area contributed by atoms with Gasteiger partial charge in [-0.1, -0.05) is 19.1 Å². The maximum atomic E-state index is 6.00. The average Bonchev–Trinajstić information content (AvgIpc) is 2.88. The molecule has 0 aliphatic rings. The van der Waals surface area contributed by atoms with E-state index in [-0.39, 0.29) is 6.04 Å². The number of aromatic nitrogens is 1. The number of para-hydroxylation sites is 1. The minimum Gasteiger partial charge on any atom is -0.493 e. The van der Waals surface area contributed by atoms with Crippen molar-refractivity contribution in [2.24, 2.45) is 5.73 Å². The summed E-state index contributed by atoms with van der Waals surface area (Å²) in [6.07, 6.45) is 0.903. The van der Waals surface area contributed by atoms with Crippen molar-refractivity contribution < 1.29 is 4.74 Å². The fraction of sp³-hybridized carbons (Fsp3) is 0.357. The number of ether oxygens (including phenoxy) is 1. The Morgan fingerprint density at radius 1 is 1.33 bits per heavy atom. The van der Waals surface area contributed by atoms with Crippen molar-refractivity contribution in [2.75, 3.05) is 6.61 Å². The summed E-state index contributed by atoms with van der Waals surface area (Å²) in [6, 6.07) is 8.00. The van der Waals surface area contributed by atoms with Crippen LogP contribution in [-0.4, -0.2) is 11.6 Å². The van der Waals surface area contributed by atoms with E-state index in [1.54, 1.807) is 11.3 Å². The second kappa shape index (κ2) is 5.98. The van der Waals surface area contributed by atoms with Gasteiger partial charge in [-0.3, -0.25) is 0 Å². The van der Waals surface area contributed by atoms with E-state index in [2.05, 4.69) is 11.9 Å². The molecule has 1 atom stereocenters. The fourth-order valence-corrected chi connectivity index (χ4v) is 2.62. The van der Waals surface area contributed by atoms with Crippen molar-refractivity contribution in [3.8, 4) is 17.0 Å². The van der Waals surface area contributed by atoms with Gasteiger partial charge in [-0.05, 0) is 25.5 Å². The summed E-state index contributed by atoms with van der Waals surface area (Å²) in [5, 5.41) is 3.03.